The number of aryl methyl sites for hydroxylation is 1. The minimum absolute atomic E-state index is 0.204. The molecule has 0 saturated heterocycles. The third-order valence-corrected chi connectivity index (χ3v) is 6.06. The summed E-state index contributed by atoms with van der Waals surface area (Å²) in [5.41, 5.74) is 2.84. The maximum atomic E-state index is 13.1. The molecule has 130 valence electrons. The van der Waals surface area contributed by atoms with Gasteiger partial charge in [0, 0.05) is 18.9 Å². The van der Waals surface area contributed by atoms with Crippen molar-refractivity contribution in [2.75, 3.05) is 7.11 Å². The van der Waals surface area contributed by atoms with Crippen molar-refractivity contribution in [2.45, 2.75) is 25.2 Å². The van der Waals surface area contributed by atoms with Crippen molar-refractivity contribution in [2.24, 2.45) is 0 Å². The van der Waals surface area contributed by atoms with Crippen LogP contribution in [0.2, 0.25) is 0 Å². The Bertz CT molecular complexity index is 973. The van der Waals surface area contributed by atoms with Crippen LogP contribution in [0.5, 0.6) is 5.75 Å². The number of allylic oxidation sites excluding steroid dienone is 1. The number of benzene rings is 2. The molecular formula is C19H19NO4S. The van der Waals surface area contributed by atoms with Crippen LogP contribution in [-0.4, -0.2) is 21.4 Å². The summed E-state index contributed by atoms with van der Waals surface area (Å²) in [5.74, 6) is 0.290. The Balaban J connectivity index is 2.17. The lowest BCUT2D eigenvalue weighted by Crippen LogP contribution is -2.20. The molecule has 2 aromatic carbocycles. The fourth-order valence-corrected chi connectivity index (χ4v) is 4.44. The van der Waals surface area contributed by atoms with Crippen LogP contribution in [0.3, 0.4) is 0 Å². The first kappa shape index (κ1) is 17.2. The van der Waals surface area contributed by atoms with Gasteiger partial charge in [-0.05, 0) is 36.8 Å². The third-order valence-electron chi connectivity index (χ3n) is 4.17. The third kappa shape index (κ3) is 3.17. The monoisotopic (exact) mass is 357 g/mol. The van der Waals surface area contributed by atoms with Gasteiger partial charge in [0.2, 0.25) is 15.7 Å². The molecule has 0 unspecified atom stereocenters. The van der Waals surface area contributed by atoms with Crippen LogP contribution in [0.1, 0.15) is 23.6 Å². The molecule has 6 heteroatoms. The maximum absolute atomic E-state index is 13.1. The maximum Gasteiger partial charge on any atom is 0.221 e. The van der Waals surface area contributed by atoms with Crippen molar-refractivity contribution >= 4 is 21.4 Å². The number of hydrogen-bond donors (Lipinski definition) is 1. The van der Waals surface area contributed by atoms with Gasteiger partial charge in [-0.15, -0.1) is 0 Å². The van der Waals surface area contributed by atoms with E-state index in [0.29, 0.717) is 17.0 Å². The lowest BCUT2D eigenvalue weighted by Gasteiger charge is -2.11. The molecule has 0 atom stereocenters. The molecule has 0 fully saturated rings. The molecule has 5 nitrogen and oxygen atoms in total. The fraction of sp³-hybridized carbons (Fsp3) is 0.211. The summed E-state index contributed by atoms with van der Waals surface area (Å²) >= 11 is 0. The van der Waals surface area contributed by atoms with Gasteiger partial charge in [-0.3, -0.25) is 4.79 Å². The van der Waals surface area contributed by atoms with Gasteiger partial charge in [-0.1, -0.05) is 23.8 Å². The molecule has 0 spiro atoms. The largest absolute Gasteiger partial charge is 0.497 e. The van der Waals surface area contributed by atoms with Crippen LogP contribution in [0, 0.1) is 6.92 Å². The molecule has 1 N–H and O–H groups in total. The Hall–Kier alpha value is -2.60. The van der Waals surface area contributed by atoms with E-state index < -0.39 is 9.84 Å². The van der Waals surface area contributed by atoms with Gasteiger partial charge in [0.05, 0.1) is 22.6 Å². The van der Waals surface area contributed by atoms with Crippen molar-refractivity contribution in [3.05, 3.63) is 64.1 Å². The van der Waals surface area contributed by atoms with E-state index in [0.717, 1.165) is 11.1 Å². The summed E-state index contributed by atoms with van der Waals surface area (Å²) < 4.78 is 31.5. The van der Waals surface area contributed by atoms with E-state index in [4.69, 9.17) is 4.74 Å². The Morgan fingerprint density at radius 1 is 1.12 bits per heavy atom. The average Bonchev–Trinajstić information content (AvgIpc) is 2.93. The van der Waals surface area contributed by atoms with Gasteiger partial charge in [0.15, 0.2) is 0 Å². The summed E-state index contributed by atoms with van der Waals surface area (Å²) in [6.07, 6.45) is 0.241. The normalized spacial score (nSPS) is 13.6. The van der Waals surface area contributed by atoms with Crippen molar-refractivity contribution in [3.63, 3.8) is 0 Å². The summed E-state index contributed by atoms with van der Waals surface area (Å²) in [6, 6.07) is 12.1. The van der Waals surface area contributed by atoms with E-state index in [1.165, 1.54) is 6.92 Å². The zero-order chi connectivity index (χ0) is 18.2. The first-order valence-corrected chi connectivity index (χ1v) is 9.31. The molecule has 0 heterocycles. The number of rotatable bonds is 4. The molecule has 0 aliphatic heterocycles. The van der Waals surface area contributed by atoms with E-state index in [2.05, 4.69) is 5.32 Å². The standard InChI is InChI=1S/C19H19NO4S/c1-12-4-8-16(9-5-12)25(22,23)18-10-14-6-7-15(24-3)11-17(14)19(18)20-13(2)21/h4-9,11H,10H2,1-3H3,(H,20,21). The predicted molar refractivity (Wildman–Crippen MR) is 95.8 cm³/mol. The summed E-state index contributed by atoms with van der Waals surface area (Å²) in [7, 11) is -2.17. The Labute approximate surface area is 147 Å². The number of methoxy groups -OCH3 is 1. The SMILES string of the molecule is COc1ccc2c(c1)C(NC(C)=O)=C(S(=O)(=O)c1ccc(C)cc1)C2. The molecule has 0 radical (unpaired) electrons. The van der Waals surface area contributed by atoms with Gasteiger partial charge in [0.25, 0.3) is 0 Å². The highest BCUT2D eigenvalue weighted by Crippen LogP contribution is 2.38. The Morgan fingerprint density at radius 3 is 2.40 bits per heavy atom. The minimum Gasteiger partial charge on any atom is -0.497 e. The zero-order valence-corrected chi connectivity index (χ0v) is 15.1. The van der Waals surface area contributed by atoms with Crippen molar-refractivity contribution in [1.29, 1.82) is 0 Å². The van der Waals surface area contributed by atoms with Crippen LogP contribution in [0.4, 0.5) is 0 Å². The lowest BCUT2D eigenvalue weighted by atomic mass is 10.1. The van der Waals surface area contributed by atoms with E-state index in [-0.39, 0.29) is 22.1 Å². The van der Waals surface area contributed by atoms with Gasteiger partial charge < -0.3 is 10.1 Å². The van der Waals surface area contributed by atoms with Crippen molar-refractivity contribution in [1.82, 2.24) is 5.32 Å². The number of carbonyl (C=O) groups is 1. The number of ether oxygens (including phenoxy) is 1. The summed E-state index contributed by atoms with van der Waals surface area (Å²) in [5, 5.41) is 2.69. The number of hydrogen-bond acceptors (Lipinski definition) is 4. The second-order valence-electron chi connectivity index (χ2n) is 6.00. The molecule has 1 amide bonds. The fourth-order valence-electron chi connectivity index (χ4n) is 2.88. The second kappa shape index (κ2) is 6.37. The molecule has 3 rings (SSSR count). The van der Waals surface area contributed by atoms with Gasteiger partial charge in [0.1, 0.15) is 5.75 Å². The van der Waals surface area contributed by atoms with Crippen LogP contribution < -0.4 is 10.1 Å². The first-order chi connectivity index (χ1) is 11.8. The minimum atomic E-state index is -3.71. The van der Waals surface area contributed by atoms with Gasteiger partial charge >= 0.3 is 0 Å². The highest BCUT2D eigenvalue weighted by molar-refractivity contribution is 7.95. The lowest BCUT2D eigenvalue weighted by molar-refractivity contribution is -0.117. The number of carbonyl (C=O) groups excluding carboxylic acids is 1. The molecule has 0 bridgehead atoms. The van der Waals surface area contributed by atoms with E-state index in [9.17, 15) is 13.2 Å². The summed E-state index contributed by atoms with van der Waals surface area (Å²) in [4.78, 5) is 12.1. The van der Waals surface area contributed by atoms with Crippen LogP contribution in [-0.2, 0) is 21.1 Å². The predicted octanol–water partition coefficient (Wildman–Crippen LogP) is 2.84. The number of sulfone groups is 1. The van der Waals surface area contributed by atoms with E-state index in [1.54, 1.807) is 43.5 Å². The van der Waals surface area contributed by atoms with Crippen LogP contribution in [0.15, 0.2) is 52.3 Å². The highest BCUT2D eigenvalue weighted by atomic mass is 32.2. The molecule has 25 heavy (non-hydrogen) atoms. The number of nitrogens with one attached hydrogen (secondary N) is 1. The second-order valence-corrected chi connectivity index (χ2v) is 7.97. The van der Waals surface area contributed by atoms with Crippen LogP contribution >= 0.6 is 0 Å². The van der Waals surface area contributed by atoms with E-state index in [1.807, 2.05) is 13.0 Å². The van der Waals surface area contributed by atoms with E-state index >= 15 is 0 Å². The number of amides is 1. The molecule has 1 aliphatic carbocycles. The highest BCUT2D eigenvalue weighted by Gasteiger charge is 2.32. The smallest absolute Gasteiger partial charge is 0.221 e. The molecule has 0 saturated carbocycles. The first-order valence-electron chi connectivity index (χ1n) is 7.82. The molecule has 2 aromatic rings. The van der Waals surface area contributed by atoms with Gasteiger partial charge in [-0.2, -0.15) is 0 Å². The molecular weight excluding hydrogens is 338 g/mol. The summed E-state index contributed by atoms with van der Waals surface area (Å²) in [6.45, 7) is 3.26. The quantitative estimate of drug-likeness (QED) is 0.913. The Kier molecular flexibility index (Phi) is 4.39. The van der Waals surface area contributed by atoms with Crippen molar-refractivity contribution < 1.29 is 17.9 Å². The van der Waals surface area contributed by atoms with Crippen LogP contribution in [0.25, 0.3) is 5.70 Å². The Morgan fingerprint density at radius 2 is 1.80 bits per heavy atom. The molecule has 1 aliphatic rings. The molecule has 0 aromatic heterocycles. The topological polar surface area (TPSA) is 72.5 Å². The average molecular weight is 357 g/mol. The number of fused-ring (bicyclic) bond motifs is 1. The van der Waals surface area contributed by atoms with Gasteiger partial charge in [-0.25, -0.2) is 8.42 Å². The zero-order valence-electron chi connectivity index (χ0n) is 14.3. The van der Waals surface area contributed by atoms with Crippen molar-refractivity contribution in [3.8, 4) is 5.75 Å².